The molecule has 1 N–H and O–H groups in total. The Labute approximate surface area is 79.6 Å². The van der Waals surface area contributed by atoms with Gasteiger partial charge in [0.25, 0.3) is 0 Å². The lowest BCUT2D eigenvalue weighted by Gasteiger charge is -1.97. The molecule has 1 aromatic rings. The highest BCUT2D eigenvalue weighted by Crippen LogP contribution is 2.14. The second-order valence-electron chi connectivity index (χ2n) is 2.28. The van der Waals surface area contributed by atoms with Gasteiger partial charge in [0.05, 0.1) is 11.4 Å². The summed E-state index contributed by atoms with van der Waals surface area (Å²) in [5.74, 6) is 0.496. The van der Waals surface area contributed by atoms with E-state index in [1.807, 2.05) is 18.6 Å². The van der Waals surface area contributed by atoms with Crippen molar-refractivity contribution in [2.75, 3.05) is 17.3 Å². The van der Waals surface area contributed by atoms with Crippen molar-refractivity contribution in [3.63, 3.8) is 0 Å². The first-order valence-corrected chi connectivity index (χ1v) is 5.70. The van der Waals surface area contributed by atoms with E-state index in [-0.39, 0.29) is 5.91 Å². The number of nitrogens with zero attached hydrogens (tertiary/aromatic N) is 1. The van der Waals surface area contributed by atoms with Crippen LogP contribution in [0.2, 0.25) is 0 Å². The van der Waals surface area contributed by atoms with Gasteiger partial charge in [0.1, 0.15) is 0 Å². The highest BCUT2D eigenvalue weighted by Gasteiger charge is 2.03. The topological polar surface area (TPSA) is 42.0 Å². The van der Waals surface area contributed by atoms with E-state index in [1.165, 1.54) is 23.1 Å². The number of thioether (sulfide) groups is 1. The molecule has 0 radical (unpaired) electrons. The van der Waals surface area contributed by atoms with Crippen LogP contribution in [0.4, 0.5) is 5.13 Å². The first-order valence-electron chi connectivity index (χ1n) is 3.43. The Kier molecular flexibility index (Phi) is 3.55. The third kappa shape index (κ3) is 2.83. The largest absolute Gasteiger partial charge is 0.301 e. The van der Waals surface area contributed by atoms with Crippen molar-refractivity contribution in [2.24, 2.45) is 0 Å². The zero-order chi connectivity index (χ0) is 8.97. The van der Waals surface area contributed by atoms with Gasteiger partial charge in [0.15, 0.2) is 5.13 Å². The summed E-state index contributed by atoms with van der Waals surface area (Å²) in [6.45, 7) is 1.90. The highest BCUT2D eigenvalue weighted by atomic mass is 32.2. The Hall–Kier alpha value is -0.550. The molecular formula is C7H10N2OS2. The van der Waals surface area contributed by atoms with Crippen LogP contribution in [0.1, 0.15) is 5.69 Å². The summed E-state index contributed by atoms with van der Waals surface area (Å²) in [7, 11) is 0. The molecule has 1 heterocycles. The molecule has 0 aromatic carbocycles. The minimum absolute atomic E-state index is 0.0110. The molecule has 0 unspecified atom stereocenters. The molecule has 3 nitrogen and oxygen atoms in total. The molecule has 0 atom stereocenters. The van der Waals surface area contributed by atoms with Crippen molar-refractivity contribution in [1.82, 2.24) is 4.98 Å². The Bertz CT molecular complexity index is 272. The fourth-order valence-corrected chi connectivity index (χ4v) is 1.74. The van der Waals surface area contributed by atoms with Gasteiger partial charge in [-0.2, -0.15) is 11.8 Å². The number of nitrogens with one attached hydrogen (secondary N) is 1. The van der Waals surface area contributed by atoms with Crippen LogP contribution in [-0.4, -0.2) is 22.9 Å². The van der Waals surface area contributed by atoms with Gasteiger partial charge < -0.3 is 5.32 Å². The number of hydrogen-bond acceptors (Lipinski definition) is 4. The maximum Gasteiger partial charge on any atom is 0.236 e. The van der Waals surface area contributed by atoms with Gasteiger partial charge >= 0.3 is 0 Å². The first kappa shape index (κ1) is 9.54. The van der Waals surface area contributed by atoms with E-state index in [1.54, 1.807) is 0 Å². The maximum absolute atomic E-state index is 11.1. The van der Waals surface area contributed by atoms with Gasteiger partial charge in [-0.15, -0.1) is 11.3 Å². The molecule has 66 valence electrons. The normalized spacial score (nSPS) is 9.83. The number of hydrogen-bond donors (Lipinski definition) is 1. The summed E-state index contributed by atoms with van der Waals surface area (Å²) in [6, 6.07) is 0. The van der Waals surface area contributed by atoms with Crippen molar-refractivity contribution < 1.29 is 4.79 Å². The number of anilines is 1. The third-order valence-electron chi connectivity index (χ3n) is 1.14. The Morgan fingerprint density at radius 2 is 2.58 bits per heavy atom. The summed E-state index contributed by atoms with van der Waals surface area (Å²) in [5, 5.41) is 5.31. The van der Waals surface area contributed by atoms with E-state index in [2.05, 4.69) is 10.3 Å². The standard InChI is InChI=1S/C7H10N2OS2/c1-5-3-12-7(8-5)9-6(10)4-11-2/h3H,4H2,1-2H3,(H,8,9,10). The molecule has 0 fully saturated rings. The van der Waals surface area contributed by atoms with Crippen LogP contribution in [0.15, 0.2) is 5.38 Å². The molecule has 0 saturated heterocycles. The minimum atomic E-state index is 0.0110. The number of thiazole rings is 1. The summed E-state index contributed by atoms with van der Waals surface area (Å²) < 4.78 is 0. The summed E-state index contributed by atoms with van der Waals surface area (Å²) in [4.78, 5) is 15.2. The summed E-state index contributed by atoms with van der Waals surface area (Å²) in [5.41, 5.74) is 0.944. The number of amides is 1. The average Bonchev–Trinajstić information content (AvgIpc) is 2.36. The van der Waals surface area contributed by atoms with Crippen molar-refractivity contribution in [1.29, 1.82) is 0 Å². The molecule has 1 amide bonds. The Balaban J connectivity index is 2.46. The quantitative estimate of drug-likeness (QED) is 0.812. The van der Waals surface area contributed by atoms with Crippen LogP contribution in [0.3, 0.4) is 0 Å². The van der Waals surface area contributed by atoms with Gasteiger partial charge in [-0.05, 0) is 13.2 Å². The predicted octanol–water partition coefficient (Wildman–Crippen LogP) is 1.75. The SMILES string of the molecule is CSCC(=O)Nc1nc(C)cs1. The molecule has 0 spiro atoms. The molecule has 0 bridgehead atoms. The van der Waals surface area contributed by atoms with Crippen molar-refractivity contribution >= 4 is 34.1 Å². The fourth-order valence-electron chi connectivity index (χ4n) is 0.698. The molecular weight excluding hydrogens is 192 g/mol. The summed E-state index contributed by atoms with van der Waals surface area (Å²) in [6.07, 6.45) is 1.90. The van der Waals surface area contributed by atoms with E-state index in [4.69, 9.17) is 0 Å². The lowest BCUT2D eigenvalue weighted by atomic mass is 10.6. The monoisotopic (exact) mass is 202 g/mol. The highest BCUT2D eigenvalue weighted by molar-refractivity contribution is 7.99. The number of aryl methyl sites for hydroxylation is 1. The van der Waals surface area contributed by atoms with E-state index in [0.29, 0.717) is 10.9 Å². The molecule has 0 aliphatic heterocycles. The third-order valence-corrected chi connectivity index (χ3v) is 2.57. The van der Waals surface area contributed by atoms with Crippen molar-refractivity contribution in [3.8, 4) is 0 Å². The number of rotatable bonds is 3. The molecule has 0 aliphatic carbocycles. The zero-order valence-electron chi connectivity index (χ0n) is 6.96. The summed E-state index contributed by atoms with van der Waals surface area (Å²) >= 11 is 2.95. The molecule has 1 aromatic heterocycles. The van der Waals surface area contributed by atoms with E-state index >= 15 is 0 Å². The first-order chi connectivity index (χ1) is 5.72. The van der Waals surface area contributed by atoms with Crippen molar-refractivity contribution in [2.45, 2.75) is 6.92 Å². The molecule has 0 saturated carbocycles. The molecule has 12 heavy (non-hydrogen) atoms. The average molecular weight is 202 g/mol. The van der Waals surface area contributed by atoms with Crippen LogP contribution in [0.5, 0.6) is 0 Å². The number of carbonyl (C=O) groups excluding carboxylic acids is 1. The van der Waals surface area contributed by atoms with Crippen LogP contribution in [0.25, 0.3) is 0 Å². The van der Waals surface area contributed by atoms with Crippen LogP contribution < -0.4 is 5.32 Å². The number of carbonyl (C=O) groups is 1. The second-order valence-corrected chi connectivity index (χ2v) is 4.00. The second kappa shape index (κ2) is 4.47. The minimum Gasteiger partial charge on any atom is -0.301 e. The number of aromatic nitrogens is 1. The predicted molar refractivity (Wildman–Crippen MR) is 53.9 cm³/mol. The van der Waals surface area contributed by atoms with Gasteiger partial charge in [0, 0.05) is 5.38 Å². The van der Waals surface area contributed by atoms with Gasteiger partial charge in [-0.3, -0.25) is 4.79 Å². The Morgan fingerprint density at radius 3 is 3.08 bits per heavy atom. The maximum atomic E-state index is 11.1. The van der Waals surface area contributed by atoms with Gasteiger partial charge in [-0.1, -0.05) is 0 Å². The lowest BCUT2D eigenvalue weighted by Crippen LogP contribution is -2.13. The zero-order valence-corrected chi connectivity index (χ0v) is 8.59. The fraction of sp³-hybridized carbons (Fsp3) is 0.429. The lowest BCUT2D eigenvalue weighted by molar-refractivity contribution is -0.113. The van der Waals surface area contributed by atoms with Crippen LogP contribution in [-0.2, 0) is 4.79 Å². The van der Waals surface area contributed by atoms with Gasteiger partial charge in [-0.25, -0.2) is 4.98 Å². The van der Waals surface area contributed by atoms with Crippen molar-refractivity contribution in [3.05, 3.63) is 11.1 Å². The van der Waals surface area contributed by atoms with Crippen LogP contribution >= 0.6 is 23.1 Å². The smallest absolute Gasteiger partial charge is 0.236 e. The van der Waals surface area contributed by atoms with Gasteiger partial charge in [0.2, 0.25) is 5.91 Å². The van der Waals surface area contributed by atoms with E-state index in [9.17, 15) is 4.79 Å². The molecule has 5 heteroatoms. The van der Waals surface area contributed by atoms with E-state index < -0.39 is 0 Å². The van der Waals surface area contributed by atoms with E-state index in [0.717, 1.165) is 5.69 Å². The molecule has 1 rings (SSSR count). The Morgan fingerprint density at radius 1 is 1.83 bits per heavy atom. The van der Waals surface area contributed by atoms with Crippen LogP contribution in [0, 0.1) is 6.92 Å². The molecule has 0 aliphatic rings.